The van der Waals surface area contributed by atoms with Gasteiger partial charge in [0.2, 0.25) is 22.4 Å². The highest BCUT2D eigenvalue weighted by Crippen LogP contribution is 2.09. The molecule has 0 atom stereocenters. The van der Waals surface area contributed by atoms with Crippen molar-refractivity contribution in [2.45, 2.75) is 6.42 Å². The molecule has 7 nitrogen and oxygen atoms in total. The average molecular weight is 306 g/mol. The molecule has 0 saturated carbocycles. The molecule has 0 aliphatic carbocycles. The van der Waals surface area contributed by atoms with Gasteiger partial charge in [-0.15, -0.1) is 0 Å². The van der Waals surface area contributed by atoms with Crippen molar-refractivity contribution in [3.8, 4) is 0 Å². The first-order valence-corrected chi connectivity index (χ1v) is 6.57. The molecule has 1 aromatic rings. The number of hydrogen-bond acceptors (Lipinski definition) is 6. The van der Waals surface area contributed by atoms with Crippen molar-refractivity contribution >= 4 is 35.1 Å². The van der Waals surface area contributed by atoms with Crippen molar-refractivity contribution in [3.05, 3.63) is 10.6 Å². The summed E-state index contributed by atoms with van der Waals surface area (Å²) >= 11 is 11.3. The van der Waals surface area contributed by atoms with Crippen LogP contribution in [-0.4, -0.2) is 58.6 Å². The lowest BCUT2D eigenvalue weighted by Gasteiger charge is -2.26. The van der Waals surface area contributed by atoms with E-state index in [0.29, 0.717) is 39.3 Å². The first-order chi connectivity index (χ1) is 9.15. The number of carbonyl (C=O) groups is 1. The first kappa shape index (κ1) is 14.2. The Bertz CT molecular complexity index is 433. The SMILES string of the molecule is O=C(CCNc1nc(Cl)nc(Cl)n1)N1CCOCC1. The second-order valence-corrected chi connectivity index (χ2v) is 4.54. The van der Waals surface area contributed by atoms with Gasteiger partial charge in [-0.3, -0.25) is 4.79 Å². The maximum absolute atomic E-state index is 11.8. The summed E-state index contributed by atoms with van der Waals surface area (Å²) < 4.78 is 5.18. The highest BCUT2D eigenvalue weighted by atomic mass is 35.5. The molecular formula is C10H13Cl2N5O2. The highest BCUT2D eigenvalue weighted by molar-refractivity contribution is 6.31. The molecule has 1 aromatic heterocycles. The molecule has 1 fully saturated rings. The van der Waals surface area contributed by atoms with Crippen LogP contribution >= 0.6 is 23.2 Å². The Labute approximate surface area is 120 Å². The predicted molar refractivity (Wildman–Crippen MR) is 70.4 cm³/mol. The summed E-state index contributed by atoms with van der Waals surface area (Å²) in [6.07, 6.45) is 0.348. The molecule has 1 N–H and O–H groups in total. The lowest BCUT2D eigenvalue weighted by Crippen LogP contribution is -2.41. The van der Waals surface area contributed by atoms with Crippen LogP contribution in [0.3, 0.4) is 0 Å². The molecule has 1 aliphatic heterocycles. The third kappa shape index (κ3) is 4.45. The molecule has 0 unspecified atom stereocenters. The normalized spacial score (nSPS) is 15.4. The van der Waals surface area contributed by atoms with Crippen molar-refractivity contribution in [3.63, 3.8) is 0 Å². The smallest absolute Gasteiger partial charge is 0.228 e. The Morgan fingerprint density at radius 3 is 2.47 bits per heavy atom. The van der Waals surface area contributed by atoms with Crippen LogP contribution in [0.5, 0.6) is 0 Å². The van der Waals surface area contributed by atoms with Crippen LogP contribution in [0.15, 0.2) is 0 Å². The lowest BCUT2D eigenvalue weighted by molar-refractivity contribution is -0.134. The summed E-state index contributed by atoms with van der Waals surface area (Å²) in [5.41, 5.74) is 0. The number of carbonyl (C=O) groups excluding carboxylic acids is 1. The summed E-state index contributed by atoms with van der Waals surface area (Å²) in [5.74, 6) is 0.335. The van der Waals surface area contributed by atoms with Gasteiger partial charge in [0, 0.05) is 26.1 Å². The summed E-state index contributed by atoms with van der Waals surface area (Å²) in [4.78, 5) is 24.9. The molecule has 19 heavy (non-hydrogen) atoms. The fourth-order valence-corrected chi connectivity index (χ4v) is 2.02. The number of halogens is 2. The quantitative estimate of drug-likeness (QED) is 0.888. The summed E-state index contributed by atoms with van der Waals surface area (Å²) in [6, 6.07) is 0. The van der Waals surface area contributed by atoms with E-state index in [9.17, 15) is 4.79 Å². The Morgan fingerprint density at radius 1 is 1.21 bits per heavy atom. The van der Waals surface area contributed by atoms with E-state index in [1.807, 2.05) is 0 Å². The summed E-state index contributed by atoms with van der Waals surface area (Å²) in [5, 5.41) is 2.92. The van der Waals surface area contributed by atoms with Crippen LogP contribution in [0.25, 0.3) is 0 Å². The highest BCUT2D eigenvalue weighted by Gasteiger charge is 2.16. The van der Waals surface area contributed by atoms with Crippen LogP contribution in [0, 0.1) is 0 Å². The van der Waals surface area contributed by atoms with Crippen molar-refractivity contribution in [2.24, 2.45) is 0 Å². The number of hydrogen-bond donors (Lipinski definition) is 1. The van der Waals surface area contributed by atoms with Crippen molar-refractivity contribution in [2.75, 3.05) is 38.2 Å². The van der Waals surface area contributed by atoms with Gasteiger partial charge >= 0.3 is 0 Å². The van der Waals surface area contributed by atoms with Gasteiger partial charge in [-0.2, -0.15) is 15.0 Å². The van der Waals surface area contributed by atoms with E-state index in [2.05, 4.69) is 20.3 Å². The van der Waals surface area contributed by atoms with Gasteiger partial charge in [0.15, 0.2) is 0 Å². The van der Waals surface area contributed by atoms with E-state index in [4.69, 9.17) is 27.9 Å². The predicted octanol–water partition coefficient (Wildman–Crippen LogP) is 0.839. The maximum Gasteiger partial charge on any atom is 0.228 e. The van der Waals surface area contributed by atoms with Crippen LogP contribution < -0.4 is 5.32 Å². The van der Waals surface area contributed by atoms with Gasteiger partial charge in [-0.1, -0.05) is 0 Å². The van der Waals surface area contributed by atoms with E-state index < -0.39 is 0 Å². The minimum atomic E-state index is 0.0157. The Kier molecular flexibility index (Phi) is 5.12. The van der Waals surface area contributed by atoms with E-state index in [1.54, 1.807) is 4.90 Å². The lowest BCUT2D eigenvalue weighted by atomic mass is 10.3. The zero-order chi connectivity index (χ0) is 13.7. The molecular weight excluding hydrogens is 293 g/mol. The monoisotopic (exact) mass is 305 g/mol. The van der Waals surface area contributed by atoms with Gasteiger partial charge in [0.05, 0.1) is 13.2 Å². The topological polar surface area (TPSA) is 80.2 Å². The second kappa shape index (κ2) is 6.83. The van der Waals surface area contributed by atoms with E-state index in [0.717, 1.165) is 0 Å². The largest absolute Gasteiger partial charge is 0.378 e. The molecule has 2 rings (SSSR count). The zero-order valence-electron chi connectivity index (χ0n) is 10.1. The molecule has 0 spiro atoms. The number of nitrogens with one attached hydrogen (secondary N) is 1. The molecule has 0 radical (unpaired) electrons. The van der Waals surface area contributed by atoms with Crippen LogP contribution in [-0.2, 0) is 9.53 Å². The molecule has 104 valence electrons. The Morgan fingerprint density at radius 2 is 1.84 bits per heavy atom. The van der Waals surface area contributed by atoms with Gasteiger partial charge < -0.3 is 15.0 Å². The first-order valence-electron chi connectivity index (χ1n) is 5.81. The number of nitrogens with zero attached hydrogens (tertiary/aromatic N) is 4. The Hall–Kier alpha value is -1.18. The number of anilines is 1. The van der Waals surface area contributed by atoms with Crippen molar-refractivity contribution in [1.29, 1.82) is 0 Å². The number of morpholine rings is 1. The minimum Gasteiger partial charge on any atom is -0.378 e. The van der Waals surface area contributed by atoms with E-state index >= 15 is 0 Å². The molecule has 1 aliphatic rings. The minimum absolute atomic E-state index is 0.0157. The number of ether oxygens (including phenoxy) is 1. The van der Waals surface area contributed by atoms with Crippen LogP contribution in [0.2, 0.25) is 10.6 Å². The van der Waals surface area contributed by atoms with Crippen molar-refractivity contribution < 1.29 is 9.53 Å². The summed E-state index contributed by atoms with van der Waals surface area (Å²) in [6.45, 7) is 2.88. The molecule has 0 bridgehead atoms. The maximum atomic E-state index is 11.8. The third-order valence-electron chi connectivity index (χ3n) is 2.57. The van der Waals surface area contributed by atoms with Gasteiger partial charge in [0.1, 0.15) is 0 Å². The standard InChI is InChI=1S/C10H13Cl2N5O2/c11-8-14-9(12)16-10(15-8)13-2-1-7(18)17-3-5-19-6-4-17/h1-6H2,(H,13,14,15,16). The number of amides is 1. The van der Waals surface area contributed by atoms with E-state index in [1.165, 1.54) is 0 Å². The number of rotatable bonds is 4. The van der Waals surface area contributed by atoms with Crippen LogP contribution in [0.4, 0.5) is 5.95 Å². The zero-order valence-corrected chi connectivity index (χ0v) is 11.6. The van der Waals surface area contributed by atoms with E-state index in [-0.39, 0.29) is 22.4 Å². The van der Waals surface area contributed by atoms with Gasteiger partial charge in [-0.05, 0) is 23.2 Å². The average Bonchev–Trinajstić information content (AvgIpc) is 2.38. The molecule has 0 aromatic carbocycles. The molecule has 1 saturated heterocycles. The Balaban J connectivity index is 1.77. The fourth-order valence-electron chi connectivity index (χ4n) is 1.66. The van der Waals surface area contributed by atoms with Gasteiger partial charge in [0.25, 0.3) is 0 Å². The van der Waals surface area contributed by atoms with Crippen LogP contribution in [0.1, 0.15) is 6.42 Å². The van der Waals surface area contributed by atoms with Gasteiger partial charge in [-0.25, -0.2) is 0 Å². The summed E-state index contributed by atoms with van der Waals surface area (Å²) in [7, 11) is 0. The number of aromatic nitrogens is 3. The fraction of sp³-hybridized carbons (Fsp3) is 0.600. The molecule has 1 amide bonds. The molecule has 2 heterocycles. The second-order valence-electron chi connectivity index (χ2n) is 3.87. The molecule has 9 heteroatoms. The third-order valence-corrected chi connectivity index (χ3v) is 2.90. The van der Waals surface area contributed by atoms with Crippen molar-refractivity contribution in [1.82, 2.24) is 19.9 Å².